The third kappa shape index (κ3) is 5.10. The van der Waals surface area contributed by atoms with Gasteiger partial charge in [-0.2, -0.15) is 0 Å². The van der Waals surface area contributed by atoms with Crippen LogP contribution >= 0.6 is 11.8 Å². The summed E-state index contributed by atoms with van der Waals surface area (Å²) < 4.78 is 2.01. The summed E-state index contributed by atoms with van der Waals surface area (Å²) in [6.07, 6.45) is 3.67. The Bertz CT molecular complexity index is 973. The van der Waals surface area contributed by atoms with Crippen LogP contribution in [0.4, 0.5) is 0 Å². The number of imidazole rings is 1. The van der Waals surface area contributed by atoms with E-state index in [1.807, 2.05) is 22.9 Å². The summed E-state index contributed by atoms with van der Waals surface area (Å²) in [4.78, 5) is 27.9. The van der Waals surface area contributed by atoms with E-state index < -0.39 is 0 Å². The summed E-state index contributed by atoms with van der Waals surface area (Å²) in [6.45, 7) is 6.09. The van der Waals surface area contributed by atoms with Crippen LogP contribution in [0.15, 0.2) is 60.0 Å². The van der Waals surface area contributed by atoms with Gasteiger partial charge in [0, 0.05) is 37.1 Å². The van der Waals surface area contributed by atoms with Gasteiger partial charge in [0.05, 0.1) is 5.75 Å². The number of Topliss-reactive ketones (excluding diaryl/α,β-unsaturated/α-hetero) is 1. The maximum absolute atomic E-state index is 12.5. The summed E-state index contributed by atoms with van der Waals surface area (Å²) in [5.74, 6) is 0.286. The summed E-state index contributed by atoms with van der Waals surface area (Å²) in [5.41, 5.74) is 5.05. The predicted octanol–water partition coefficient (Wildman–Crippen LogP) is 4.10. The average molecular weight is 394 g/mol. The highest BCUT2D eigenvalue weighted by Crippen LogP contribution is 2.23. The van der Waals surface area contributed by atoms with Crippen molar-refractivity contribution in [3.8, 4) is 5.69 Å². The fourth-order valence-electron chi connectivity index (χ4n) is 2.93. The fourth-order valence-corrected chi connectivity index (χ4v) is 3.80. The van der Waals surface area contributed by atoms with Gasteiger partial charge in [-0.05, 0) is 42.7 Å². The lowest BCUT2D eigenvalue weighted by Gasteiger charge is -2.09. The molecule has 0 unspecified atom stereocenters. The maximum Gasteiger partial charge on any atom is 0.217 e. The van der Waals surface area contributed by atoms with Gasteiger partial charge in [0.25, 0.3) is 0 Å². The Morgan fingerprint density at radius 2 is 1.75 bits per heavy atom. The minimum Gasteiger partial charge on any atom is -0.352 e. The summed E-state index contributed by atoms with van der Waals surface area (Å²) in [6, 6.07) is 13.7. The number of hydrogen-bond donors (Lipinski definition) is 1. The Labute approximate surface area is 169 Å². The molecule has 0 aliphatic rings. The molecule has 28 heavy (non-hydrogen) atoms. The highest BCUT2D eigenvalue weighted by Gasteiger charge is 2.11. The molecule has 1 heterocycles. The number of nitrogens with zero attached hydrogens (tertiary/aromatic N) is 2. The third-order valence-corrected chi connectivity index (χ3v) is 5.21. The largest absolute Gasteiger partial charge is 0.352 e. The first-order valence-corrected chi connectivity index (χ1v) is 10.0. The monoisotopic (exact) mass is 393 g/mol. The molecule has 0 bridgehead atoms. The number of benzene rings is 2. The molecule has 6 heteroatoms. The standard InChI is InChI=1S/C22H23N3O2S/c1-15-10-16(2)12-20(11-15)25-9-8-23-22(25)28-14-21(27)19-6-4-18(5-7-19)13-24-17(3)26/h4-12H,13-14H2,1-3H3,(H,24,26). The van der Waals surface area contributed by atoms with E-state index in [2.05, 4.69) is 42.3 Å². The van der Waals surface area contributed by atoms with E-state index in [-0.39, 0.29) is 11.7 Å². The van der Waals surface area contributed by atoms with Crippen molar-refractivity contribution in [3.63, 3.8) is 0 Å². The predicted molar refractivity (Wildman–Crippen MR) is 112 cm³/mol. The first-order chi connectivity index (χ1) is 13.4. The van der Waals surface area contributed by atoms with Crippen molar-refractivity contribution in [2.24, 2.45) is 0 Å². The Kier molecular flexibility index (Phi) is 6.31. The minimum atomic E-state index is -0.0733. The second kappa shape index (κ2) is 8.89. The van der Waals surface area contributed by atoms with Crippen molar-refractivity contribution in [1.29, 1.82) is 0 Å². The number of aromatic nitrogens is 2. The van der Waals surface area contributed by atoms with E-state index in [9.17, 15) is 9.59 Å². The average Bonchev–Trinajstić information content (AvgIpc) is 3.12. The molecule has 0 aliphatic carbocycles. The zero-order valence-corrected chi connectivity index (χ0v) is 17.0. The maximum atomic E-state index is 12.5. The van der Waals surface area contributed by atoms with E-state index in [1.54, 1.807) is 18.3 Å². The van der Waals surface area contributed by atoms with Gasteiger partial charge in [0.15, 0.2) is 10.9 Å². The number of rotatable bonds is 7. The van der Waals surface area contributed by atoms with Crippen molar-refractivity contribution < 1.29 is 9.59 Å². The Morgan fingerprint density at radius 3 is 2.39 bits per heavy atom. The lowest BCUT2D eigenvalue weighted by molar-refractivity contribution is -0.119. The lowest BCUT2D eigenvalue weighted by Crippen LogP contribution is -2.18. The van der Waals surface area contributed by atoms with Gasteiger partial charge in [0.2, 0.25) is 5.91 Å². The number of nitrogens with one attached hydrogen (secondary N) is 1. The van der Waals surface area contributed by atoms with Gasteiger partial charge in [-0.1, -0.05) is 42.1 Å². The van der Waals surface area contributed by atoms with Gasteiger partial charge in [-0.3, -0.25) is 14.2 Å². The molecule has 0 fully saturated rings. The van der Waals surface area contributed by atoms with Crippen LogP contribution in [-0.2, 0) is 11.3 Å². The topological polar surface area (TPSA) is 64.0 Å². The quantitative estimate of drug-likeness (QED) is 0.485. The van der Waals surface area contributed by atoms with Crippen LogP contribution in [-0.4, -0.2) is 27.0 Å². The molecule has 144 valence electrons. The normalized spacial score (nSPS) is 10.7. The highest BCUT2D eigenvalue weighted by molar-refractivity contribution is 7.99. The second-order valence-corrected chi connectivity index (χ2v) is 7.69. The molecule has 5 nitrogen and oxygen atoms in total. The van der Waals surface area contributed by atoms with Crippen molar-refractivity contribution in [2.45, 2.75) is 32.5 Å². The van der Waals surface area contributed by atoms with Crippen LogP contribution in [0, 0.1) is 13.8 Å². The molecular weight excluding hydrogens is 370 g/mol. The van der Waals surface area contributed by atoms with Gasteiger partial charge in [-0.15, -0.1) is 0 Å². The molecule has 0 saturated carbocycles. The zero-order chi connectivity index (χ0) is 20.1. The van der Waals surface area contributed by atoms with Crippen molar-refractivity contribution >= 4 is 23.5 Å². The van der Waals surface area contributed by atoms with Crippen LogP contribution in [0.25, 0.3) is 5.69 Å². The number of carbonyl (C=O) groups is 2. The van der Waals surface area contributed by atoms with E-state index >= 15 is 0 Å². The van der Waals surface area contributed by atoms with Gasteiger partial charge >= 0.3 is 0 Å². The van der Waals surface area contributed by atoms with Gasteiger partial charge in [0.1, 0.15) is 0 Å². The fraction of sp³-hybridized carbons (Fsp3) is 0.227. The molecule has 0 atom stereocenters. The van der Waals surface area contributed by atoms with Gasteiger partial charge < -0.3 is 5.32 Å². The lowest BCUT2D eigenvalue weighted by atomic mass is 10.1. The van der Waals surface area contributed by atoms with E-state index in [0.717, 1.165) is 16.4 Å². The molecule has 0 spiro atoms. The number of amides is 1. The van der Waals surface area contributed by atoms with Gasteiger partial charge in [-0.25, -0.2) is 4.98 Å². The number of aryl methyl sites for hydroxylation is 2. The highest BCUT2D eigenvalue weighted by atomic mass is 32.2. The molecular formula is C22H23N3O2S. The van der Waals surface area contributed by atoms with Crippen LogP contribution in [0.1, 0.15) is 34.0 Å². The summed E-state index contributed by atoms with van der Waals surface area (Å²) in [5, 5.41) is 3.54. The van der Waals surface area contributed by atoms with Crippen molar-refractivity contribution in [3.05, 3.63) is 77.1 Å². The first kappa shape index (κ1) is 19.9. The first-order valence-electron chi connectivity index (χ1n) is 9.04. The number of hydrogen-bond acceptors (Lipinski definition) is 4. The molecule has 3 rings (SSSR count). The molecule has 1 N–H and O–H groups in total. The molecule has 1 aromatic heterocycles. The number of thioether (sulfide) groups is 1. The molecule has 0 radical (unpaired) electrons. The summed E-state index contributed by atoms with van der Waals surface area (Å²) >= 11 is 1.43. The zero-order valence-electron chi connectivity index (χ0n) is 16.2. The Morgan fingerprint density at radius 1 is 1.07 bits per heavy atom. The molecule has 1 amide bonds. The Balaban J connectivity index is 1.65. The third-order valence-electron chi connectivity index (χ3n) is 4.24. The molecule has 3 aromatic rings. The Hall–Kier alpha value is -2.86. The van der Waals surface area contributed by atoms with Crippen molar-refractivity contribution in [1.82, 2.24) is 14.9 Å². The molecule has 2 aromatic carbocycles. The molecule has 0 saturated heterocycles. The van der Waals surface area contributed by atoms with Crippen LogP contribution in [0.3, 0.4) is 0 Å². The smallest absolute Gasteiger partial charge is 0.217 e. The molecule has 0 aliphatic heterocycles. The van der Waals surface area contributed by atoms with E-state index in [1.165, 1.54) is 29.8 Å². The minimum absolute atomic E-state index is 0.0473. The summed E-state index contributed by atoms with van der Waals surface area (Å²) in [7, 11) is 0. The van der Waals surface area contributed by atoms with Crippen molar-refractivity contribution in [2.75, 3.05) is 5.75 Å². The van der Waals surface area contributed by atoms with E-state index in [4.69, 9.17) is 0 Å². The number of carbonyl (C=O) groups excluding carboxylic acids is 2. The van der Waals surface area contributed by atoms with E-state index in [0.29, 0.717) is 17.9 Å². The second-order valence-electron chi connectivity index (χ2n) is 6.74. The van der Waals surface area contributed by atoms with Crippen LogP contribution < -0.4 is 5.32 Å². The van der Waals surface area contributed by atoms with Crippen LogP contribution in [0.2, 0.25) is 0 Å². The SMILES string of the molecule is CC(=O)NCc1ccc(C(=O)CSc2nccn2-c2cc(C)cc(C)c2)cc1. The van der Waals surface area contributed by atoms with Crippen LogP contribution in [0.5, 0.6) is 0 Å². The number of ketones is 1.